The van der Waals surface area contributed by atoms with Gasteiger partial charge >= 0.3 is 105 Å². The van der Waals surface area contributed by atoms with E-state index in [2.05, 4.69) is 41.8 Å². The molecule has 72 heavy (non-hydrogen) atoms. The lowest BCUT2D eigenvalue weighted by Crippen LogP contribution is -2.67. The third-order valence-electron chi connectivity index (χ3n) is 8.04. The van der Waals surface area contributed by atoms with E-state index in [1.165, 1.54) is 0 Å². The van der Waals surface area contributed by atoms with Crippen LogP contribution in [0.5, 0.6) is 0 Å². The van der Waals surface area contributed by atoms with Crippen molar-refractivity contribution in [3.8, 4) is 0 Å². The Morgan fingerprint density at radius 1 is 0.319 bits per heavy atom. The second-order valence-corrected chi connectivity index (χ2v) is 23.3. The summed E-state index contributed by atoms with van der Waals surface area (Å²) in [6.07, 6.45) is -43.4. The SMILES string of the molecule is O=S(O)OC[C@H]1O[C@@H](O[C@H]2[C@H](OS(=O)(=O)O)[C@@H](COS(=O)(=O)O)O[C@@H]2COS(=O)(=O)O)[C@H](OS(=O)(=O)O)[C@@H](OS(=O)(=O)O)[C@@H]1O[C@H]1O[C@H](COS(=O)(=O)O)[C@@H](OS(=O)(=O)O)[C@H](OS(=O)(=O)O)[C@H]1OS(=O)(=O)O. The van der Waals surface area contributed by atoms with E-state index >= 15 is 0 Å². The molecule has 0 aliphatic carbocycles. The Morgan fingerprint density at radius 3 is 0.861 bits per heavy atom. The molecule has 3 rings (SSSR count). The minimum absolute atomic E-state index is 1.68. The summed E-state index contributed by atoms with van der Waals surface area (Å²) in [4.78, 5) is 0. The van der Waals surface area contributed by atoms with Crippen molar-refractivity contribution in [2.24, 2.45) is 0 Å². The maximum Gasteiger partial charge on any atom is 0.397 e. The van der Waals surface area contributed by atoms with E-state index in [0.717, 1.165) is 0 Å². The lowest BCUT2D eigenvalue weighted by Gasteiger charge is -2.48. The van der Waals surface area contributed by atoms with Crippen molar-refractivity contribution < 1.29 is 191 Å². The van der Waals surface area contributed by atoms with Gasteiger partial charge in [0, 0.05) is 0 Å². The molecule has 3 aliphatic rings. The first-order chi connectivity index (χ1) is 32.1. The van der Waals surface area contributed by atoms with Crippen molar-refractivity contribution in [2.45, 2.75) is 85.8 Å². The van der Waals surface area contributed by atoms with Crippen LogP contribution < -0.4 is 0 Å². The largest absolute Gasteiger partial charge is 0.397 e. The zero-order valence-corrected chi connectivity index (χ0v) is 41.5. The smallest absolute Gasteiger partial charge is 0.364 e. The topological polar surface area (TPSA) is 665 Å². The van der Waals surface area contributed by atoms with Gasteiger partial charge in [0.1, 0.15) is 61.0 Å². The third kappa shape index (κ3) is 23.5. The van der Waals surface area contributed by atoms with Gasteiger partial charge in [-0.05, 0) is 0 Å². The predicted molar refractivity (Wildman–Crippen MR) is 203 cm³/mol. The highest BCUT2D eigenvalue weighted by Crippen LogP contribution is 2.39. The van der Waals surface area contributed by atoms with Gasteiger partial charge < -0.3 is 23.7 Å². The third-order valence-corrected chi connectivity index (χ3v) is 12.5. The van der Waals surface area contributed by atoms with E-state index in [9.17, 15) is 112 Å². The van der Waals surface area contributed by atoms with Crippen molar-refractivity contribution in [3.63, 3.8) is 0 Å². The van der Waals surface area contributed by atoms with Gasteiger partial charge in [0.15, 0.2) is 24.8 Å². The van der Waals surface area contributed by atoms with Gasteiger partial charge in [-0.25, -0.2) is 37.6 Å². The van der Waals surface area contributed by atoms with Crippen LogP contribution in [-0.2, 0) is 170 Å². The molecule has 0 aromatic rings. The van der Waals surface area contributed by atoms with E-state index in [-0.39, 0.29) is 0 Å². The quantitative estimate of drug-likeness (QED) is 0.0257. The Balaban J connectivity index is 2.43. The lowest BCUT2D eigenvalue weighted by molar-refractivity contribution is -0.354. The number of hydrogen-bond acceptors (Lipinski definition) is 34. The van der Waals surface area contributed by atoms with E-state index < -0.39 is 217 Å². The van der Waals surface area contributed by atoms with E-state index in [4.69, 9.17) is 37.3 Å². The lowest BCUT2D eigenvalue weighted by atomic mass is 9.96. The Morgan fingerprint density at radius 2 is 0.556 bits per heavy atom. The zero-order valence-electron chi connectivity index (χ0n) is 33.3. The van der Waals surface area contributed by atoms with E-state index in [0.29, 0.717) is 0 Å². The highest BCUT2D eigenvalue weighted by molar-refractivity contribution is 7.82. The van der Waals surface area contributed by atoms with Crippen molar-refractivity contribution in [2.75, 3.05) is 26.4 Å². The summed E-state index contributed by atoms with van der Waals surface area (Å²) >= 11 is -3.62. The molecule has 3 aliphatic heterocycles. The molecule has 0 spiro atoms. The van der Waals surface area contributed by atoms with Crippen molar-refractivity contribution in [3.05, 3.63) is 0 Å². The fourth-order valence-corrected chi connectivity index (χ4v) is 10.2. The minimum atomic E-state index is -6.38. The summed E-state index contributed by atoms with van der Waals surface area (Å²) in [5.41, 5.74) is 0. The second-order valence-electron chi connectivity index (χ2n) is 13.1. The molecule has 3 saturated heterocycles. The summed E-state index contributed by atoms with van der Waals surface area (Å²) < 4.78 is 388. The molecule has 1 unspecified atom stereocenters. The molecule has 0 amide bonds. The molecule has 54 heteroatoms. The summed E-state index contributed by atoms with van der Waals surface area (Å²) in [6, 6.07) is 0. The molecule has 428 valence electrons. The second kappa shape index (κ2) is 24.2. The van der Waals surface area contributed by atoms with Crippen molar-refractivity contribution in [1.29, 1.82) is 0 Å². The minimum Gasteiger partial charge on any atom is -0.364 e. The van der Waals surface area contributed by atoms with Crippen LogP contribution in [0.1, 0.15) is 0 Å². The number of ether oxygens (including phenoxy) is 5. The Bertz CT molecular complexity index is 2950. The first-order valence-corrected chi connectivity index (χ1v) is 30.2. The van der Waals surface area contributed by atoms with Crippen LogP contribution in [0, 0.1) is 0 Å². The molecule has 0 aromatic carbocycles. The maximum absolute atomic E-state index is 12.4. The molecule has 3 fully saturated rings. The molecule has 3 heterocycles. The van der Waals surface area contributed by atoms with Gasteiger partial charge in [0.2, 0.25) is 0 Å². The molecule has 0 aromatic heterocycles. The molecule has 15 atom stereocenters. The molecular weight excluding hydrogens is 1240 g/mol. The maximum atomic E-state index is 12.4. The number of rotatable bonds is 28. The van der Waals surface area contributed by atoms with Crippen LogP contribution in [0.3, 0.4) is 0 Å². The Kier molecular flexibility index (Phi) is 21.8. The fraction of sp³-hybridized carbons (Fsp3) is 1.00. The monoisotopic (exact) mass is 1270 g/mol. The normalized spacial score (nSPS) is 32.4. The first-order valence-electron chi connectivity index (χ1n) is 16.9. The fourth-order valence-electron chi connectivity index (χ4n) is 6.04. The van der Waals surface area contributed by atoms with Crippen molar-refractivity contribution in [1.82, 2.24) is 0 Å². The Hall–Kier alpha value is -1.30. The summed E-state index contributed by atoms with van der Waals surface area (Å²) in [5, 5.41) is 0. The summed E-state index contributed by atoms with van der Waals surface area (Å²) in [7, 11) is -54.5. The average Bonchev–Trinajstić information content (AvgIpc) is 3.43. The van der Waals surface area contributed by atoms with Gasteiger partial charge in [-0.2, -0.15) is 80.0 Å². The zero-order chi connectivity index (χ0) is 55.6. The van der Waals surface area contributed by atoms with Crippen LogP contribution >= 0.6 is 0 Å². The standard InChI is InChI=1S/C18H32O44S10/c19-63(20)48-1-5-10(56-18-16(62-72(45,46)47)14(60-70(39,40)41)12(58-68(33,34)35)8(54-18)4-51-66(27,28)29)13(59-69(36,37)38)15(61-71(42,43)44)17(53-5)55-9-6(2-49-64(21,22)23)52-7(3-50-65(24,25)26)11(9)57-67(30,31)32/h5-18H,1-4H2,(H,19,20)(H,21,22,23)(H,24,25,26)(H,27,28,29)(H,30,31,32)(H,33,34,35)(H,36,37,38)(H,39,40,41)(H,42,43,44)(H,45,46,47)/t5-,6-,7-,8-,9-,10-,11-,12-,13+,14+,15-,16-,17+,18-/m1/s1. The highest BCUT2D eigenvalue weighted by Gasteiger charge is 2.60. The molecule has 10 N–H and O–H groups in total. The van der Waals surface area contributed by atoms with Crippen LogP contribution in [0.25, 0.3) is 0 Å². The molecular formula is C18H32O44S10. The van der Waals surface area contributed by atoms with Gasteiger partial charge in [0.25, 0.3) is 0 Å². The van der Waals surface area contributed by atoms with Crippen LogP contribution in [-0.4, -0.2) is 238 Å². The molecule has 44 nitrogen and oxygen atoms in total. The van der Waals surface area contributed by atoms with Crippen LogP contribution in [0.4, 0.5) is 0 Å². The predicted octanol–water partition coefficient (Wildman–Crippen LogP) is -8.29. The number of hydrogen-bond donors (Lipinski definition) is 10. The molecule has 0 radical (unpaired) electrons. The van der Waals surface area contributed by atoms with Gasteiger partial charge in [-0.15, -0.1) is 0 Å². The van der Waals surface area contributed by atoms with Crippen molar-refractivity contribution >= 4 is 105 Å². The van der Waals surface area contributed by atoms with E-state index in [1.54, 1.807) is 0 Å². The van der Waals surface area contributed by atoms with Crippen LogP contribution in [0.15, 0.2) is 0 Å². The molecule has 0 bridgehead atoms. The highest BCUT2D eigenvalue weighted by atomic mass is 32.3. The average molecular weight is 1270 g/mol. The Labute approximate surface area is 406 Å². The summed E-state index contributed by atoms with van der Waals surface area (Å²) in [6.45, 7) is -7.19. The van der Waals surface area contributed by atoms with Gasteiger partial charge in [0.05, 0.1) is 26.4 Å². The first kappa shape index (κ1) is 65.0. The van der Waals surface area contributed by atoms with Gasteiger partial charge in [-0.3, -0.25) is 49.7 Å². The van der Waals surface area contributed by atoms with Crippen LogP contribution in [0.2, 0.25) is 0 Å². The van der Waals surface area contributed by atoms with E-state index in [1.807, 2.05) is 0 Å². The van der Waals surface area contributed by atoms with Gasteiger partial charge in [-0.1, -0.05) is 0 Å². The summed E-state index contributed by atoms with van der Waals surface area (Å²) in [5.74, 6) is 0. The molecule has 0 saturated carbocycles.